The Bertz CT molecular complexity index is 481. The molecule has 1 N–H and O–H groups in total. The van der Waals surface area contributed by atoms with Crippen LogP contribution in [0.25, 0.3) is 0 Å². The Morgan fingerprint density at radius 3 is 2.53 bits per heavy atom. The summed E-state index contributed by atoms with van der Waals surface area (Å²) in [5.74, 6) is -1.28. The topological polar surface area (TPSA) is 70.5 Å². The van der Waals surface area contributed by atoms with Crippen LogP contribution in [0.15, 0.2) is 18.2 Å². The fraction of sp³-hybridized carbons (Fsp3) is 0.500. The molecule has 1 saturated carbocycles. The second-order valence-corrected chi connectivity index (χ2v) is 4.74. The molecular weight excluding hydrogens is 244 g/mol. The van der Waals surface area contributed by atoms with Gasteiger partial charge in [-0.05, 0) is 31.9 Å². The zero-order valence-corrected chi connectivity index (χ0v) is 11.0. The van der Waals surface area contributed by atoms with Crippen LogP contribution >= 0.6 is 0 Å². The molecule has 1 heterocycles. The van der Waals surface area contributed by atoms with E-state index in [0.717, 1.165) is 25.7 Å². The first kappa shape index (κ1) is 13.5. The molecule has 2 rings (SSSR count). The molecule has 0 atom stereocenters. The van der Waals surface area contributed by atoms with E-state index in [2.05, 4.69) is 4.98 Å². The summed E-state index contributed by atoms with van der Waals surface area (Å²) in [5, 5.41) is 8.91. The standard InChI is InChI=1S/C14H18N2O3/c1-2-16(10-6-3-4-7-10)13(17)11-8-5-9-12(15-11)14(18)19/h5,8-10H,2-4,6-7H2,1H3,(H,18,19). The molecule has 0 bridgehead atoms. The predicted molar refractivity (Wildman–Crippen MR) is 70.2 cm³/mol. The molecule has 0 unspecified atom stereocenters. The Kier molecular flexibility index (Phi) is 4.14. The van der Waals surface area contributed by atoms with Gasteiger partial charge in [-0.3, -0.25) is 4.79 Å². The number of hydrogen-bond acceptors (Lipinski definition) is 3. The average molecular weight is 262 g/mol. The highest BCUT2D eigenvalue weighted by molar-refractivity contribution is 5.94. The third kappa shape index (κ3) is 2.92. The SMILES string of the molecule is CCN(C(=O)c1cccc(C(=O)O)n1)C1CCCC1. The first-order chi connectivity index (χ1) is 9.13. The van der Waals surface area contributed by atoms with Gasteiger partial charge in [0.05, 0.1) is 0 Å². The van der Waals surface area contributed by atoms with Gasteiger partial charge in [0, 0.05) is 12.6 Å². The summed E-state index contributed by atoms with van der Waals surface area (Å²) in [7, 11) is 0. The van der Waals surface area contributed by atoms with Gasteiger partial charge >= 0.3 is 5.97 Å². The summed E-state index contributed by atoms with van der Waals surface area (Å²) < 4.78 is 0. The van der Waals surface area contributed by atoms with Crippen molar-refractivity contribution < 1.29 is 14.7 Å². The van der Waals surface area contributed by atoms with Gasteiger partial charge in [-0.25, -0.2) is 9.78 Å². The highest BCUT2D eigenvalue weighted by atomic mass is 16.4. The number of hydrogen-bond donors (Lipinski definition) is 1. The Hall–Kier alpha value is -1.91. The molecule has 0 saturated heterocycles. The van der Waals surface area contributed by atoms with E-state index in [-0.39, 0.29) is 23.3 Å². The lowest BCUT2D eigenvalue weighted by atomic mass is 10.2. The van der Waals surface area contributed by atoms with E-state index in [0.29, 0.717) is 6.54 Å². The Labute approximate surface area is 112 Å². The Morgan fingerprint density at radius 1 is 1.32 bits per heavy atom. The highest BCUT2D eigenvalue weighted by Crippen LogP contribution is 2.24. The molecule has 102 valence electrons. The highest BCUT2D eigenvalue weighted by Gasteiger charge is 2.27. The molecule has 1 aromatic heterocycles. The van der Waals surface area contributed by atoms with Crippen LogP contribution in [0, 0.1) is 0 Å². The van der Waals surface area contributed by atoms with Crippen LogP contribution in [-0.4, -0.2) is 39.5 Å². The largest absolute Gasteiger partial charge is 0.477 e. The molecule has 0 spiro atoms. The molecule has 0 aromatic carbocycles. The summed E-state index contributed by atoms with van der Waals surface area (Å²) >= 11 is 0. The summed E-state index contributed by atoms with van der Waals surface area (Å²) in [5.41, 5.74) is 0.127. The lowest BCUT2D eigenvalue weighted by molar-refractivity contribution is 0.0682. The number of rotatable bonds is 4. The smallest absolute Gasteiger partial charge is 0.354 e. The van der Waals surface area contributed by atoms with Crippen molar-refractivity contribution in [1.82, 2.24) is 9.88 Å². The zero-order valence-electron chi connectivity index (χ0n) is 11.0. The van der Waals surface area contributed by atoms with Gasteiger partial charge in [0.15, 0.2) is 0 Å². The molecule has 1 aliphatic rings. The fourth-order valence-corrected chi connectivity index (χ4v) is 2.60. The maximum absolute atomic E-state index is 12.4. The molecule has 0 radical (unpaired) electrons. The molecule has 5 heteroatoms. The predicted octanol–water partition coefficient (Wildman–Crippen LogP) is 2.18. The summed E-state index contributed by atoms with van der Waals surface area (Å²) in [6, 6.07) is 4.80. The van der Waals surface area contributed by atoms with Crippen LogP contribution in [0.1, 0.15) is 53.6 Å². The molecule has 1 fully saturated rings. The molecule has 1 aliphatic carbocycles. The lowest BCUT2D eigenvalue weighted by Gasteiger charge is -2.27. The lowest BCUT2D eigenvalue weighted by Crippen LogP contribution is -2.39. The van der Waals surface area contributed by atoms with Gasteiger partial charge in [-0.2, -0.15) is 0 Å². The van der Waals surface area contributed by atoms with E-state index in [1.54, 1.807) is 17.0 Å². The number of aromatic carboxylic acids is 1. The van der Waals surface area contributed by atoms with Gasteiger partial charge in [-0.1, -0.05) is 18.9 Å². The molecule has 1 amide bonds. The van der Waals surface area contributed by atoms with Crippen molar-refractivity contribution in [3.63, 3.8) is 0 Å². The van der Waals surface area contributed by atoms with Crippen molar-refractivity contribution in [3.8, 4) is 0 Å². The van der Waals surface area contributed by atoms with Gasteiger partial charge in [0.1, 0.15) is 11.4 Å². The maximum atomic E-state index is 12.4. The molecule has 1 aromatic rings. The van der Waals surface area contributed by atoms with Crippen molar-refractivity contribution in [2.75, 3.05) is 6.54 Å². The normalized spacial score (nSPS) is 15.4. The Balaban J connectivity index is 2.21. The Morgan fingerprint density at radius 2 is 1.95 bits per heavy atom. The maximum Gasteiger partial charge on any atom is 0.354 e. The molecule has 5 nitrogen and oxygen atoms in total. The van der Waals surface area contributed by atoms with Gasteiger partial charge in [-0.15, -0.1) is 0 Å². The second-order valence-electron chi connectivity index (χ2n) is 4.74. The van der Waals surface area contributed by atoms with Crippen LogP contribution < -0.4 is 0 Å². The molecular formula is C14H18N2O3. The van der Waals surface area contributed by atoms with Crippen LogP contribution in [0.3, 0.4) is 0 Å². The number of carbonyl (C=O) groups is 2. The number of nitrogens with zero attached hydrogens (tertiary/aromatic N) is 2. The number of pyridine rings is 1. The number of carboxylic acids is 1. The summed E-state index contributed by atoms with van der Waals surface area (Å²) in [4.78, 5) is 29.0. The first-order valence-corrected chi connectivity index (χ1v) is 6.64. The van der Waals surface area contributed by atoms with Crippen LogP contribution in [-0.2, 0) is 0 Å². The fourth-order valence-electron chi connectivity index (χ4n) is 2.60. The van der Waals surface area contributed by atoms with Crippen LogP contribution in [0.2, 0.25) is 0 Å². The monoisotopic (exact) mass is 262 g/mol. The van der Waals surface area contributed by atoms with Gasteiger partial charge < -0.3 is 10.0 Å². The third-order valence-electron chi connectivity index (χ3n) is 3.55. The van der Waals surface area contributed by atoms with E-state index >= 15 is 0 Å². The summed E-state index contributed by atoms with van der Waals surface area (Å²) in [6.45, 7) is 2.57. The van der Waals surface area contributed by atoms with Crippen LogP contribution in [0.5, 0.6) is 0 Å². The number of carboxylic acid groups (broad SMARTS) is 1. The minimum atomic E-state index is -1.11. The zero-order chi connectivity index (χ0) is 13.8. The average Bonchev–Trinajstić information content (AvgIpc) is 2.93. The second kappa shape index (κ2) is 5.82. The minimum Gasteiger partial charge on any atom is -0.477 e. The van der Waals surface area contributed by atoms with E-state index in [9.17, 15) is 9.59 Å². The minimum absolute atomic E-state index is 0.0895. The van der Waals surface area contributed by atoms with Gasteiger partial charge in [0.2, 0.25) is 0 Å². The van der Waals surface area contributed by atoms with E-state index in [1.165, 1.54) is 6.07 Å². The van der Waals surface area contributed by atoms with E-state index in [1.807, 2.05) is 6.92 Å². The molecule has 0 aliphatic heterocycles. The van der Waals surface area contributed by atoms with Crippen molar-refractivity contribution in [2.45, 2.75) is 38.6 Å². The number of amides is 1. The first-order valence-electron chi connectivity index (χ1n) is 6.64. The van der Waals surface area contributed by atoms with Crippen molar-refractivity contribution in [2.24, 2.45) is 0 Å². The van der Waals surface area contributed by atoms with E-state index < -0.39 is 5.97 Å². The quantitative estimate of drug-likeness (QED) is 0.902. The third-order valence-corrected chi connectivity index (χ3v) is 3.55. The number of carbonyl (C=O) groups excluding carboxylic acids is 1. The van der Waals surface area contributed by atoms with Gasteiger partial charge in [0.25, 0.3) is 5.91 Å². The van der Waals surface area contributed by atoms with Crippen LogP contribution in [0.4, 0.5) is 0 Å². The van der Waals surface area contributed by atoms with Crippen molar-refractivity contribution >= 4 is 11.9 Å². The van der Waals surface area contributed by atoms with Crippen molar-refractivity contribution in [3.05, 3.63) is 29.6 Å². The number of aromatic nitrogens is 1. The van der Waals surface area contributed by atoms with E-state index in [4.69, 9.17) is 5.11 Å². The molecule has 19 heavy (non-hydrogen) atoms. The van der Waals surface area contributed by atoms with Crippen molar-refractivity contribution in [1.29, 1.82) is 0 Å². The summed E-state index contributed by atoms with van der Waals surface area (Å²) in [6.07, 6.45) is 4.35.